The van der Waals surface area contributed by atoms with Gasteiger partial charge >= 0.3 is 0 Å². The van der Waals surface area contributed by atoms with Gasteiger partial charge in [0.05, 0.1) is 0 Å². The van der Waals surface area contributed by atoms with E-state index in [4.69, 9.17) is 17.7 Å². The molecule has 0 aliphatic rings. The lowest BCUT2D eigenvalue weighted by Gasteiger charge is -2.05. The second-order valence-electron chi connectivity index (χ2n) is 2.35. The van der Waals surface area contributed by atoms with E-state index in [2.05, 4.69) is 17.9 Å². The van der Waals surface area contributed by atoms with E-state index in [-0.39, 0.29) is 0 Å². The summed E-state index contributed by atoms with van der Waals surface area (Å²) in [7, 11) is -1.42. The summed E-state index contributed by atoms with van der Waals surface area (Å²) in [5, 5.41) is 0. The highest BCUT2D eigenvalue weighted by Gasteiger charge is 2.17. The maximum Gasteiger partial charge on any atom is 0.213 e. The van der Waals surface area contributed by atoms with Crippen molar-refractivity contribution in [3.05, 3.63) is 11.4 Å². The monoisotopic (exact) mass is 147 g/mol. The predicted octanol–water partition coefficient (Wildman–Crippen LogP) is 2.35. The largest absolute Gasteiger partial charge is 0.317 e. The zero-order chi connectivity index (χ0) is 6.62. The molecule has 0 fully saturated rings. The quantitative estimate of drug-likeness (QED) is 0.321. The van der Waals surface area contributed by atoms with Crippen molar-refractivity contribution in [2.45, 2.75) is 19.1 Å². The van der Waals surface area contributed by atoms with Crippen LogP contribution >= 0.6 is 11.1 Å². The van der Waals surface area contributed by atoms with E-state index in [1.54, 1.807) is 0 Å². The fourth-order valence-corrected chi connectivity index (χ4v) is 1.22. The molecule has 0 aliphatic heterocycles. The summed E-state index contributed by atoms with van der Waals surface area (Å²) in [4.78, 5) is 3.22. The summed E-state index contributed by atoms with van der Waals surface area (Å²) in [5.74, 6) is 0. The van der Waals surface area contributed by atoms with Crippen molar-refractivity contribution >= 4 is 18.5 Å². The van der Waals surface area contributed by atoms with Crippen LogP contribution in [0.1, 0.15) is 0 Å². The molecule has 0 rings (SSSR count). The number of nitrogens with zero attached hydrogens (tertiary/aromatic N) is 1. The molecule has 46 valence electrons. The van der Waals surface area contributed by atoms with Gasteiger partial charge < -0.3 is 4.85 Å². The summed E-state index contributed by atoms with van der Waals surface area (Å²) >= 11 is 5.91. The Bertz CT molecular complexity index is 100.0. The molecule has 3 heteroatoms. The minimum absolute atomic E-state index is 0.600. The van der Waals surface area contributed by atoms with E-state index in [1.165, 1.54) is 0 Å². The van der Waals surface area contributed by atoms with Gasteiger partial charge in [-0.1, -0.05) is 13.1 Å². The number of halogens is 1. The second kappa shape index (κ2) is 3.11. The molecule has 0 aromatic carbocycles. The fourth-order valence-electron chi connectivity index (χ4n) is 0.322. The molecule has 0 spiro atoms. The third-order valence-electron chi connectivity index (χ3n) is 0.818. The van der Waals surface area contributed by atoms with E-state index >= 15 is 0 Å². The lowest BCUT2D eigenvalue weighted by Crippen LogP contribution is -2.16. The molecule has 0 bridgehead atoms. The molecule has 0 aliphatic carbocycles. The zero-order valence-electron chi connectivity index (χ0n) is 5.24. The Morgan fingerprint density at radius 1 is 1.62 bits per heavy atom. The van der Waals surface area contributed by atoms with E-state index in [1.807, 2.05) is 0 Å². The molecule has 0 heterocycles. The Morgan fingerprint density at radius 2 is 2.12 bits per heavy atom. The third kappa shape index (κ3) is 6.00. The predicted molar refractivity (Wildman–Crippen MR) is 39.6 cm³/mol. The first-order chi connectivity index (χ1) is 3.56. The lowest BCUT2D eigenvalue weighted by atomic mass is 10.8. The maximum absolute atomic E-state index is 6.47. The Kier molecular flexibility index (Phi) is 3.11. The van der Waals surface area contributed by atoms with Crippen LogP contribution in [0.25, 0.3) is 4.85 Å². The highest BCUT2D eigenvalue weighted by molar-refractivity contribution is 7.19. The van der Waals surface area contributed by atoms with Gasteiger partial charge in [0.1, 0.15) is 0 Å². The van der Waals surface area contributed by atoms with Crippen LogP contribution in [0.3, 0.4) is 0 Å². The molecule has 0 aromatic rings. The van der Waals surface area contributed by atoms with Crippen LogP contribution in [0.5, 0.6) is 0 Å². The molecule has 0 aromatic heterocycles. The smallest absolute Gasteiger partial charge is 0.213 e. The normalized spacial score (nSPS) is 10.8. The summed E-state index contributed by atoms with van der Waals surface area (Å²) in [6.07, 6.45) is 0. The molecule has 0 unspecified atom stereocenters. The molecule has 0 saturated carbocycles. The molecule has 8 heavy (non-hydrogen) atoms. The van der Waals surface area contributed by atoms with Gasteiger partial charge in [-0.05, 0) is 0 Å². The number of hydrogen-bond acceptors (Lipinski definition) is 0. The lowest BCUT2D eigenvalue weighted by molar-refractivity contribution is 1.28. The minimum Gasteiger partial charge on any atom is -0.317 e. The van der Waals surface area contributed by atoms with Gasteiger partial charge in [-0.3, -0.25) is 0 Å². The first kappa shape index (κ1) is 8.00. The molecule has 0 saturated heterocycles. The average molecular weight is 148 g/mol. The zero-order valence-corrected chi connectivity index (χ0v) is 7.00. The van der Waals surface area contributed by atoms with Gasteiger partial charge in [0, 0.05) is 6.04 Å². The minimum atomic E-state index is -1.42. The van der Waals surface area contributed by atoms with Crippen molar-refractivity contribution in [3.8, 4) is 0 Å². The Hall–Kier alpha value is -0.00312. The standard InChI is InChI=1S/C5H10ClNSi/c1-7-4-5-8(2,3)6/h4-5H2,2-3H3. The van der Waals surface area contributed by atoms with Crippen LogP contribution in [0.15, 0.2) is 0 Å². The molecule has 1 nitrogen and oxygen atoms in total. The van der Waals surface area contributed by atoms with E-state index in [0.717, 1.165) is 6.04 Å². The van der Waals surface area contributed by atoms with Gasteiger partial charge in [-0.25, -0.2) is 6.57 Å². The maximum atomic E-state index is 6.47. The van der Waals surface area contributed by atoms with Crippen LogP contribution in [0.4, 0.5) is 0 Å². The van der Waals surface area contributed by atoms with E-state index in [9.17, 15) is 0 Å². The molecule has 0 amide bonds. The summed E-state index contributed by atoms with van der Waals surface area (Å²) in [5.41, 5.74) is 0. The molecular weight excluding hydrogens is 138 g/mol. The Morgan fingerprint density at radius 3 is 2.25 bits per heavy atom. The summed E-state index contributed by atoms with van der Waals surface area (Å²) in [6, 6.07) is 0.915. The SMILES string of the molecule is [C-]#[N+]CC[Si](C)(C)Cl. The fraction of sp³-hybridized carbons (Fsp3) is 0.800. The summed E-state index contributed by atoms with van der Waals surface area (Å²) < 4.78 is 0. The van der Waals surface area contributed by atoms with Gasteiger partial charge in [-0.15, -0.1) is 0 Å². The van der Waals surface area contributed by atoms with Crippen molar-refractivity contribution in [2.24, 2.45) is 0 Å². The van der Waals surface area contributed by atoms with Crippen molar-refractivity contribution in [1.29, 1.82) is 0 Å². The van der Waals surface area contributed by atoms with Gasteiger partial charge in [0.2, 0.25) is 6.54 Å². The van der Waals surface area contributed by atoms with Gasteiger partial charge in [-0.2, -0.15) is 11.1 Å². The topological polar surface area (TPSA) is 4.36 Å². The van der Waals surface area contributed by atoms with Gasteiger partial charge in [0.15, 0.2) is 7.38 Å². The summed E-state index contributed by atoms with van der Waals surface area (Å²) in [6.45, 7) is 11.2. The average Bonchev–Trinajstić information content (AvgIpc) is 1.59. The van der Waals surface area contributed by atoms with Gasteiger partial charge in [0.25, 0.3) is 0 Å². The molecule has 0 N–H and O–H groups in total. The van der Waals surface area contributed by atoms with Crippen LogP contribution in [0, 0.1) is 6.57 Å². The highest BCUT2D eigenvalue weighted by Crippen LogP contribution is 2.12. The van der Waals surface area contributed by atoms with Crippen LogP contribution in [0.2, 0.25) is 19.1 Å². The number of rotatable bonds is 2. The van der Waals surface area contributed by atoms with Crippen molar-refractivity contribution in [3.63, 3.8) is 0 Å². The third-order valence-corrected chi connectivity index (χ3v) is 2.80. The van der Waals surface area contributed by atoms with E-state index < -0.39 is 7.38 Å². The first-order valence-corrected chi connectivity index (χ1v) is 6.80. The van der Waals surface area contributed by atoms with Crippen molar-refractivity contribution < 1.29 is 0 Å². The highest BCUT2D eigenvalue weighted by atomic mass is 35.6. The number of hydrogen-bond donors (Lipinski definition) is 0. The Labute approximate surface area is 56.2 Å². The van der Waals surface area contributed by atoms with Crippen molar-refractivity contribution in [1.82, 2.24) is 0 Å². The van der Waals surface area contributed by atoms with Crippen molar-refractivity contribution in [2.75, 3.05) is 6.54 Å². The second-order valence-corrected chi connectivity index (χ2v) is 9.36. The van der Waals surface area contributed by atoms with E-state index in [0.29, 0.717) is 6.54 Å². The Balaban J connectivity index is 3.28. The van der Waals surface area contributed by atoms with Crippen LogP contribution in [-0.4, -0.2) is 13.9 Å². The first-order valence-electron chi connectivity index (χ1n) is 2.58. The molecular formula is C5H10ClNSi. The molecule has 0 radical (unpaired) electrons. The van der Waals surface area contributed by atoms with Crippen LogP contribution in [-0.2, 0) is 0 Å². The molecule has 0 atom stereocenters. The van der Waals surface area contributed by atoms with Crippen LogP contribution < -0.4 is 0 Å².